The summed E-state index contributed by atoms with van der Waals surface area (Å²) >= 11 is 1.36. The predicted molar refractivity (Wildman–Crippen MR) is 66.1 cm³/mol. The Hall–Kier alpha value is -0.880. The van der Waals surface area contributed by atoms with E-state index in [-0.39, 0.29) is 5.78 Å². The topological polar surface area (TPSA) is 20.3 Å². The average molecular weight is 279 g/mol. The van der Waals surface area contributed by atoms with Crippen molar-refractivity contribution in [2.45, 2.75) is 25.9 Å². The first kappa shape index (κ1) is 15.2. The van der Waals surface area contributed by atoms with E-state index >= 15 is 0 Å². The summed E-state index contributed by atoms with van der Waals surface area (Å²) < 4.78 is 36.6. The van der Waals surface area contributed by atoms with Crippen molar-refractivity contribution < 1.29 is 18.0 Å². The molecule has 0 aliphatic carbocycles. The summed E-state index contributed by atoms with van der Waals surface area (Å²) in [6.07, 6.45) is -3.41. The Bertz CT molecular complexity index is 362. The first-order chi connectivity index (χ1) is 8.42. The number of carbonyl (C=O) groups is 1. The highest BCUT2D eigenvalue weighted by molar-refractivity contribution is 7.12. The van der Waals surface area contributed by atoms with Gasteiger partial charge in [-0.2, -0.15) is 13.2 Å². The van der Waals surface area contributed by atoms with E-state index in [0.717, 1.165) is 0 Å². The second kappa shape index (κ2) is 6.89. The maximum Gasteiger partial charge on any atom is 0.401 e. The minimum atomic E-state index is -4.17. The first-order valence-electron chi connectivity index (χ1n) is 5.78. The van der Waals surface area contributed by atoms with E-state index < -0.39 is 12.7 Å². The monoisotopic (exact) mass is 279 g/mol. The fraction of sp³-hybridized carbons (Fsp3) is 0.583. The van der Waals surface area contributed by atoms with Gasteiger partial charge in [0.1, 0.15) is 0 Å². The summed E-state index contributed by atoms with van der Waals surface area (Å²) in [5.41, 5.74) is 0. The highest BCUT2D eigenvalue weighted by atomic mass is 32.1. The summed E-state index contributed by atoms with van der Waals surface area (Å²) in [6.45, 7) is 1.42. The Morgan fingerprint density at radius 3 is 2.67 bits per heavy atom. The molecule has 0 amide bonds. The summed E-state index contributed by atoms with van der Waals surface area (Å²) in [6, 6.07) is 3.53. The van der Waals surface area contributed by atoms with Crippen molar-refractivity contribution in [3.8, 4) is 0 Å². The molecule has 0 N–H and O–H groups in total. The minimum Gasteiger partial charge on any atom is -0.295 e. The number of alkyl halides is 3. The van der Waals surface area contributed by atoms with Crippen LogP contribution in [0.3, 0.4) is 0 Å². The van der Waals surface area contributed by atoms with Crippen LogP contribution in [0.1, 0.15) is 29.4 Å². The molecule has 2 nitrogen and oxygen atoms in total. The first-order valence-corrected chi connectivity index (χ1v) is 6.66. The molecule has 1 aromatic heterocycles. The van der Waals surface area contributed by atoms with Gasteiger partial charge in [0.25, 0.3) is 0 Å². The second-order valence-corrected chi connectivity index (χ2v) is 4.94. The van der Waals surface area contributed by atoms with Crippen LogP contribution < -0.4 is 0 Å². The van der Waals surface area contributed by atoms with Gasteiger partial charge < -0.3 is 0 Å². The van der Waals surface area contributed by atoms with Crippen molar-refractivity contribution >= 4 is 17.1 Å². The number of ketones is 1. The largest absolute Gasteiger partial charge is 0.401 e. The molecule has 0 unspecified atom stereocenters. The molecule has 1 heterocycles. The molecule has 6 heteroatoms. The number of halogens is 3. The van der Waals surface area contributed by atoms with Gasteiger partial charge in [-0.15, -0.1) is 11.3 Å². The zero-order valence-electron chi connectivity index (χ0n) is 10.2. The van der Waals surface area contributed by atoms with E-state index in [1.54, 1.807) is 19.1 Å². The van der Waals surface area contributed by atoms with Crippen LogP contribution in [0.5, 0.6) is 0 Å². The Balaban J connectivity index is 2.29. The van der Waals surface area contributed by atoms with E-state index in [9.17, 15) is 18.0 Å². The lowest BCUT2D eigenvalue weighted by Gasteiger charge is -2.21. The predicted octanol–water partition coefficient (Wildman–Crippen LogP) is 3.60. The van der Waals surface area contributed by atoms with Crippen molar-refractivity contribution in [3.63, 3.8) is 0 Å². The molecule has 0 bridgehead atoms. The van der Waals surface area contributed by atoms with Gasteiger partial charge in [0.15, 0.2) is 5.78 Å². The van der Waals surface area contributed by atoms with Gasteiger partial charge in [0, 0.05) is 6.42 Å². The fourth-order valence-corrected chi connectivity index (χ4v) is 2.32. The van der Waals surface area contributed by atoms with Crippen LogP contribution in [-0.2, 0) is 0 Å². The minimum absolute atomic E-state index is 0.00746. The molecule has 0 radical (unpaired) electrons. The van der Waals surface area contributed by atoms with Crippen molar-refractivity contribution in [3.05, 3.63) is 22.4 Å². The molecule has 0 aliphatic heterocycles. The van der Waals surface area contributed by atoms with Crippen LogP contribution >= 0.6 is 11.3 Å². The molecule has 102 valence electrons. The highest BCUT2D eigenvalue weighted by Crippen LogP contribution is 2.17. The molecular weight excluding hydrogens is 263 g/mol. The third-order valence-corrected chi connectivity index (χ3v) is 3.44. The van der Waals surface area contributed by atoms with E-state index in [4.69, 9.17) is 0 Å². The summed E-state index contributed by atoms with van der Waals surface area (Å²) in [5, 5.41) is 1.81. The number of thiophene rings is 1. The maximum atomic E-state index is 12.2. The smallest absolute Gasteiger partial charge is 0.295 e. The summed E-state index contributed by atoms with van der Waals surface area (Å²) in [5.74, 6) is 0.00746. The van der Waals surface area contributed by atoms with Crippen LogP contribution in [0.4, 0.5) is 13.2 Å². The Morgan fingerprint density at radius 2 is 2.17 bits per heavy atom. The summed E-state index contributed by atoms with van der Waals surface area (Å²) in [7, 11) is 0. The number of nitrogens with zero attached hydrogens (tertiary/aromatic N) is 1. The lowest BCUT2D eigenvalue weighted by molar-refractivity contribution is -0.145. The quantitative estimate of drug-likeness (QED) is 0.711. The molecule has 0 aromatic carbocycles. The Labute approximate surface area is 108 Å². The average Bonchev–Trinajstić information content (AvgIpc) is 2.79. The number of Topliss-reactive ketones (excluding diaryl/α,β-unsaturated/α-hetero) is 1. The van der Waals surface area contributed by atoms with Gasteiger partial charge in [-0.3, -0.25) is 9.69 Å². The highest BCUT2D eigenvalue weighted by Gasteiger charge is 2.29. The fourth-order valence-electron chi connectivity index (χ4n) is 1.63. The Kier molecular flexibility index (Phi) is 5.81. The van der Waals surface area contributed by atoms with Gasteiger partial charge in [-0.25, -0.2) is 0 Å². The van der Waals surface area contributed by atoms with Gasteiger partial charge in [-0.05, 0) is 31.0 Å². The lowest BCUT2D eigenvalue weighted by Crippen LogP contribution is -2.34. The van der Waals surface area contributed by atoms with Crippen molar-refractivity contribution in [1.29, 1.82) is 0 Å². The van der Waals surface area contributed by atoms with Crippen molar-refractivity contribution in [1.82, 2.24) is 4.90 Å². The maximum absolute atomic E-state index is 12.2. The van der Waals surface area contributed by atoms with Gasteiger partial charge in [0.05, 0.1) is 11.4 Å². The summed E-state index contributed by atoms with van der Waals surface area (Å²) in [4.78, 5) is 13.6. The third-order valence-electron chi connectivity index (χ3n) is 2.52. The van der Waals surface area contributed by atoms with Crippen LogP contribution in [0.25, 0.3) is 0 Å². The van der Waals surface area contributed by atoms with E-state index in [1.807, 2.05) is 5.38 Å². The molecule has 0 saturated carbocycles. The standard InChI is InChI=1S/C12H16F3NOS/c1-2-16(9-12(13,14)15)7-3-5-10(17)11-6-4-8-18-11/h4,6,8H,2-3,5,7,9H2,1H3. The molecule has 0 saturated heterocycles. The van der Waals surface area contributed by atoms with Crippen LogP contribution in [0.15, 0.2) is 17.5 Å². The van der Waals surface area contributed by atoms with Gasteiger partial charge in [0.2, 0.25) is 0 Å². The third kappa shape index (κ3) is 5.64. The molecule has 18 heavy (non-hydrogen) atoms. The Morgan fingerprint density at radius 1 is 1.44 bits per heavy atom. The molecular formula is C12H16F3NOS. The molecule has 1 aromatic rings. The van der Waals surface area contributed by atoms with Crippen LogP contribution in [0, 0.1) is 0 Å². The molecule has 1 rings (SSSR count). The van der Waals surface area contributed by atoms with Gasteiger partial charge in [-0.1, -0.05) is 13.0 Å². The van der Waals surface area contributed by atoms with E-state index in [2.05, 4.69) is 0 Å². The zero-order valence-corrected chi connectivity index (χ0v) is 11.0. The zero-order chi connectivity index (χ0) is 13.6. The number of rotatable bonds is 7. The SMILES string of the molecule is CCN(CCCC(=O)c1cccs1)CC(F)(F)F. The van der Waals surface area contributed by atoms with E-state index in [1.165, 1.54) is 16.2 Å². The van der Waals surface area contributed by atoms with E-state index in [0.29, 0.717) is 30.8 Å². The van der Waals surface area contributed by atoms with Crippen LogP contribution in [-0.4, -0.2) is 36.5 Å². The molecule has 0 fully saturated rings. The second-order valence-electron chi connectivity index (χ2n) is 3.99. The number of carbonyl (C=O) groups excluding carboxylic acids is 1. The van der Waals surface area contributed by atoms with Crippen molar-refractivity contribution in [2.75, 3.05) is 19.6 Å². The number of hydrogen-bond acceptors (Lipinski definition) is 3. The molecule has 0 spiro atoms. The lowest BCUT2D eigenvalue weighted by atomic mass is 10.2. The van der Waals surface area contributed by atoms with Crippen molar-refractivity contribution in [2.24, 2.45) is 0 Å². The molecule has 0 atom stereocenters. The van der Waals surface area contributed by atoms with Gasteiger partial charge >= 0.3 is 6.18 Å². The van der Waals surface area contributed by atoms with Crippen LogP contribution in [0.2, 0.25) is 0 Å². The number of hydrogen-bond donors (Lipinski definition) is 0. The molecule has 0 aliphatic rings. The normalized spacial score (nSPS) is 12.1.